The van der Waals surface area contributed by atoms with E-state index in [1.165, 1.54) is 173 Å². The van der Waals surface area contributed by atoms with Crippen LogP contribution >= 0.6 is 0 Å². The minimum Gasteiger partial charge on any atom is -0.462 e. The van der Waals surface area contributed by atoms with E-state index in [4.69, 9.17) is 14.2 Å². The van der Waals surface area contributed by atoms with E-state index in [0.717, 1.165) is 83.5 Å². The fraction of sp³-hybridized carbons (Fsp3) is 0.794. The Labute approximate surface area is 428 Å². The molecule has 0 aromatic rings. The fourth-order valence-corrected chi connectivity index (χ4v) is 8.58. The number of hydrogen-bond donors (Lipinski definition) is 0. The van der Waals surface area contributed by atoms with Crippen LogP contribution in [-0.4, -0.2) is 37.2 Å². The molecule has 69 heavy (non-hydrogen) atoms. The van der Waals surface area contributed by atoms with Crippen LogP contribution in [0.3, 0.4) is 0 Å². The van der Waals surface area contributed by atoms with Crippen LogP contribution in [0.4, 0.5) is 0 Å². The number of carbonyl (C=O) groups is 3. The minimum atomic E-state index is -0.813. The first kappa shape index (κ1) is 66.1. The maximum absolute atomic E-state index is 12.8. The van der Waals surface area contributed by atoms with E-state index in [0.29, 0.717) is 19.3 Å². The van der Waals surface area contributed by atoms with Gasteiger partial charge in [-0.2, -0.15) is 0 Å². The summed E-state index contributed by atoms with van der Waals surface area (Å²) in [6.07, 6.45) is 72.7. The molecule has 1 unspecified atom stereocenters. The zero-order chi connectivity index (χ0) is 50.0. The third-order valence-corrected chi connectivity index (χ3v) is 13.0. The summed E-state index contributed by atoms with van der Waals surface area (Å²) < 4.78 is 16.7. The topological polar surface area (TPSA) is 78.9 Å². The smallest absolute Gasteiger partial charge is 0.306 e. The van der Waals surface area contributed by atoms with E-state index in [-0.39, 0.29) is 37.5 Å². The van der Waals surface area contributed by atoms with Crippen LogP contribution in [0, 0.1) is 0 Å². The first-order valence-electron chi connectivity index (χ1n) is 29.8. The lowest BCUT2D eigenvalue weighted by atomic mass is 10.0. The summed E-state index contributed by atoms with van der Waals surface area (Å²) >= 11 is 0. The maximum Gasteiger partial charge on any atom is 0.306 e. The van der Waals surface area contributed by atoms with Crippen LogP contribution in [0.15, 0.2) is 60.8 Å². The molecule has 0 amide bonds. The van der Waals surface area contributed by atoms with Gasteiger partial charge < -0.3 is 14.2 Å². The zero-order valence-corrected chi connectivity index (χ0v) is 45.8. The van der Waals surface area contributed by atoms with Crippen molar-refractivity contribution in [1.29, 1.82) is 0 Å². The van der Waals surface area contributed by atoms with Crippen molar-refractivity contribution in [3.05, 3.63) is 60.8 Å². The summed E-state index contributed by atoms with van der Waals surface area (Å²) in [5.41, 5.74) is 0. The van der Waals surface area contributed by atoms with Crippen LogP contribution < -0.4 is 0 Å². The highest BCUT2D eigenvalue weighted by atomic mass is 16.6. The molecule has 0 aliphatic rings. The molecule has 0 aromatic heterocycles. The summed E-state index contributed by atoms with van der Waals surface area (Å²) in [4.78, 5) is 38.0. The Balaban J connectivity index is 4.14. The molecule has 6 heteroatoms. The molecule has 0 aliphatic carbocycles. The van der Waals surface area contributed by atoms with Gasteiger partial charge >= 0.3 is 17.9 Å². The van der Waals surface area contributed by atoms with Gasteiger partial charge in [-0.15, -0.1) is 0 Å². The van der Waals surface area contributed by atoms with Crippen LogP contribution in [0.5, 0.6) is 0 Å². The lowest BCUT2D eigenvalue weighted by molar-refractivity contribution is -0.166. The number of rotatable bonds is 54. The van der Waals surface area contributed by atoms with Gasteiger partial charge in [0.05, 0.1) is 0 Å². The summed E-state index contributed by atoms with van der Waals surface area (Å²) in [5.74, 6) is -0.988. The highest BCUT2D eigenvalue weighted by Gasteiger charge is 2.19. The van der Waals surface area contributed by atoms with E-state index in [2.05, 4.69) is 69.4 Å². The van der Waals surface area contributed by atoms with Gasteiger partial charge in [0, 0.05) is 19.3 Å². The first-order valence-corrected chi connectivity index (χ1v) is 29.8. The minimum absolute atomic E-state index is 0.103. The average Bonchev–Trinajstić information content (AvgIpc) is 3.35. The van der Waals surface area contributed by atoms with E-state index in [1.807, 2.05) is 12.2 Å². The molecule has 6 nitrogen and oxygen atoms in total. The molecule has 0 aromatic carbocycles. The molecular formula is C63H112O6. The molecule has 0 saturated carbocycles. The Kier molecular flexibility index (Phi) is 55.3. The number of esters is 3. The summed E-state index contributed by atoms with van der Waals surface area (Å²) in [6, 6.07) is 0. The molecule has 0 saturated heterocycles. The van der Waals surface area contributed by atoms with E-state index < -0.39 is 6.10 Å². The predicted molar refractivity (Wildman–Crippen MR) is 298 cm³/mol. The SMILES string of the molecule is CC/C=C\C/C=C\C/C=C\C/C=C\CCC(=O)OC(COC(=O)CCCCCCC/C=C\CCC)COC(=O)CCCCCCCCCCCCCCCCCCCCCCCCCCCCCC. The van der Waals surface area contributed by atoms with Gasteiger partial charge in [0.15, 0.2) is 6.10 Å². The van der Waals surface area contributed by atoms with Gasteiger partial charge in [0.2, 0.25) is 0 Å². The Bertz CT molecular complexity index is 1250. The highest BCUT2D eigenvalue weighted by molar-refractivity contribution is 5.71. The van der Waals surface area contributed by atoms with Crippen molar-refractivity contribution >= 4 is 17.9 Å². The number of unbranched alkanes of at least 4 members (excludes halogenated alkanes) is 33. The van der Waals surface area contributed by atoms with Gasteiger partial charge in [0.25, 0.3) is 0 Å². The number of hydrogen-bond acceptors (Lipinski definition) is 6. The lowest BCUT2D eigenvalue weighted by Crippen LogP contribution is -2.30. The molecule has 0 spiro atoms. The monoisotopic (exact) mass is 965 g/mol. The largest absolute Gasteiger partial charge is 0.462 e. The van der Waals surface area contributed by atoms with Crippen LogP contribution in [-0.2, 0) is 28.6 Å². The van der Waals surface area contributed by atoms with Gasteiger partial charge in [0.1, 0.15) is 13.2 Å². The summed E-state index contributed by atoms with van der Waals surface area (Å²) in [5, 5.41) is 0. The van der Waals surface area contributed by atoms with Gasteiger partial charge in [-0.25, -0.2) is 0 Å². The maximum atomic E-state index is 12.8. The quantitative estimate of drug-likeness (QED) is 0.0262. The van der Waals surface area contributed by atoms with Crippen molar-refractivity contribution in [3.63, 3.8) is 0 Å². The Morgan fingerprint density at radius 1 is 0.304 bits per heavy atom. The third kappa shape index (κ3) is 55.9. The Hall–Kier alpha value is -2.89. The number of allylic oxidation sites excluding steroid dienone is 10. The Morgan fingerprint density at radius 2 is 0.623 bits per heavy atom. The highest BCUT2D eigenvalue weighted by Crippen LogP contribution is 2.17. The number of carbonyl (C=O) groups excluding carboxylic acids is 3. The number of ether oxygens (including phenoxy) is 3. The van der Waals surface area contributed by atoms with Crippen molar-refractivity contribution in [2.45, 2.75) is 309 Å². The van der Waals surface area contributed by atoms with Gasteiger partial charge in [-0.3, -0.25) is 14.4 Å². The molecule has 0 radical (unpaired) electrons. The molecule has 0 N–H and O–H groups in total. The second-order valence-electron chi connectivity index (χ2n) is 19.9. The van der Waals surface area contributed by atoms with Gasteiger partial charge in [-0.05, 0) is 64.2 Å². The van der Waals surface area contributed by atoms with Crippen molar-refractivity contribution in [2.24, 2.45) is 0 Å². The molecule has 0 heterocycles. The van der Waals surface area contributed by atoms with Crippen molar-refractivity contribution in [3.8, 4) is 0 Å². The van der Waals surface area contributed by atoms with E-state index >= 15 is 0 Å². The zero-order valence-electron chi connectivity index (χ0n) is 45.8. The molecule has 0 rings (SSSR count). The first-order chi connectivity index (χ1) is 34.0. The molecule has 1 atom stereocenters. The predicted octanol–water partition coefficient (Wildman–Crippen LogP) is 20.0. The molecular weight excluding hydrogens is 853 g/mol. The van der Waals surface area contributed by atoms with Crippen molar-refractivity contribution in [2.75, 3.05) is 13.2 Å². The second kappa shape index (κ2) is 57.7. The van der Waals surface area contributed by atoms with Crippen LogP contribution in [0.2, 0.25) is 0 Å². The van der Waals surface area contributed by atoms with Gasteiger partial charge in [-0.1, -0.05) is 281 Å². The standard InChI is InChI=1S/C63H112O6/c1-4-7-10-13-16-19-22-24-25-26-27-28-29-30-31-32-33-34-35-36-37-38-40-41-44-47-50-53-56-62(65)68-59-60(58-67-61(64)55-52-49-46-43-21-18-15-12-9-6-3)69-63(66)57-54-51-48-45-42-39-23-20-17-14-11-8-5-2/h8,11-12,15,17,20,39,42,48,51,60H,4-7,9-10,13-14,16,18-19,21-38,40-41,43-47,49-50,52-59H2,1-3H3/b11-8-,15-12-,20-17-,42-39-,51-48-. The third-order valence-electron chi connectivity index (χ3n) is 13.0. The van der Waals surface area contributed by atoms with E-state index in [9.17, 15) is 14.4 Å². The molecule has 0 fully saturated rings. The second-order valence-corrected chi connectivity index (χ2v) is 19.9. The lowest BCUT2D eigenvalue weighted by Gasteiger charge is -2.18. The molecule has 0 bridgehead atoms. The normalized spacial score (nSPS) is 12.4. The average molecular weight is 966 g/mol. The van der Waals surface area contributed by atoms with Crippen LogP contribution in [0.1, 0.15) is 303 Å². The molecule has 0 aliphatic heterocycles. The summed E-state index contributed by atoms with van der Waals surface area (Å²) in [6.45, 7) is 6.42. The van der Waals surface area contributed by atoms with Crippen molar-refractivity contribution < 1.29 is 28.6 Å². The summed E-state index contributed by atoms with van der Waals surface area (Å²) in [7, 11) is 0. The van der Waals surface area contributed by atoms with Crippen molar-refractivity contribution in [1.82, 2.24) is 0 Å². The fourth-order valence-electron chi connectivity index (χ4n) is 8.58. The Morgan fingerprint density at radius 3 is 1.00 bits per heavy atom. The van der Waals surface area contributed by atoms with Crippen LogP contribution in [0.25, 0.3) is 0 Å². The van der Waals surface area contributed by atoms with E-state index in [1.54, 1.807) is 0 Å². The molecule has 400 valence electrons.